The van der Waals surface area contributed by atoms with Crippen LogP contribution in [-0.2, 0) is 15.4 Å². The first kappa shape index (κ1) is 23.5. The molecule has 0 aliphatic heterocycles. The van der Waals surface area contributed by atoms with E-state index < -0.39 is 10.0 Å². The van der Waals surface area contributed by atoms with Crippen molar-refractivity contribution in [3.8, 4) is 0 Å². The predicted molar refractivity (Wildman–Crippen MR) is 129 cm³/mol. The molecule has 3 rings (SSSR count). The number of nitrogens with zero attached hydrogens (tertiary/aromatic N) is 1. The molecule has 5 nitrogen and oxygen atoms in total. The van der Waals surface area contributed by atoms with Gasteiger partial charge >= 0.3 is 0 Å². The van der Waals surface area contributed by atoms with Crippen molar-refractivity contribution in [1.82, 2.24) is 5.32 Å². The van der Waals surface area contributed by atoms with Crippen LogP contribution in [0.3, 0.4) is 0 Å². The Hall–Kier alpha value is -3.12. The summed E-state index contributed by atoms with van der Waals surface area (Å²) < 4.78 is 27.3. The molecule has 1 N–H and O–H groups in total. The molecule has 0 radical (unpaired) electrons. The second-order valence-electron chi connectivity index (χ2n) is 8.87. The minimum absolute atomic E-state index is 0.0544. The maximum Gasteiger partial charge on any atom is 0.264 e. The summed E-state index contributed by atoms with van der Waals surface area (Å²) in [4.78, 5) is 13.3. The highest BCUT2D eigenvalue weighted by Gasteiger charge is 2.25. The number of amides is 1. The number of benzene rings is 3. The molecule has 6 heteroatoms. The number of para-hydroxylation sites is 1. The standard InChI is InChI=1S/C26H30N2O3S/c1-19(20-15-17-21(18-16-20)26(2,3)4)27-25(29)23-13-9-10-14-24(23)28(5)32(30,31)22-11-7-6-8-12-22/h6-19H,1-5H3,(H,27,29)/t19-/m1/s1. The molecule has 0 spiro atoms. The van der Waals surface area contributed by atoms with Crippen molar-refractivity contribution in [3.63, 3.8) is 0 Å². The number of anilines is 1. The minimum atomic E-state index is -3.79. The molecule has 0 unspecified atom stereocenters. The smallest absolute Gasteiger partial charge is 0.264 e. The molecule has 3 aromatic carbocycles. The van der Waals surface area contributed by atoms with E-state index in [1.807, 2.05) is 19.1 Å². The van der Waals surface area contributed by atoms with E-state index in [9.17, 15) is 13.2 Å². The van der Waals surface area contributed by atoms with Crippen LogP contribution in [0.5, 0.6) is 0 Å². The molecule has 1 amide bonds. The highest BCUT2D eigenvalue weighted by Crippen LogP contribution is 2.27. The third kappa shape index (κ3) is 5.02. The van der Waals surface area contributed by atoms with Crippen LogP contribution < -0.4 is 9.62 Å². The largest absolute Gasteiger partial charge is 0.345 e. The Kier molecular flexibility index (Phi) is 6.74. The normalized spacial score (nSPS) is 12.8. The number of carbonyl (C=O) groups excluding carboxylic acids is 1. The maximum atomic E-state index is 13.1. The third-order valence-corrected chi connectivity index (χ3v) is 7.30. The Morgan fingerprint density at radius 1 is 0.875 bits per heavy atom. The van der Waals surface area contributed by atoms with Crippen LogP contribution >= 0.6 is 0 Å². The summed E-state index contributed by atoms with van der Waals surface area (Å²) in [7, 11) is -2.33. The van der Waals surface area contributed by atoms with Gasteiger partial charge < -0.3 is 5.32 Å². The Balaban J connectivity index is 1.84. The Bertz CT molecular complexity index is 1180. The van der Waals surface area contributed by atoms with Crippen LogP contribution in [0.15, 0.2) is 83.8 Å². The maximum absolute atomic E-state index is 13.1. The highest BCUT2D eigenvalue weighted by molar-refractivity contribution is 7.92. The molecule has 168 valence electrons. The molecular formula is C26H30N2O3S. The van der Waals surface area contributed by atoms with Crippen LogP contribution in [0, 0.1) is 0 Å². The molecule has 0 aromatic heterocycles. The molecule has 0 heterocycles. The van der Waals surface area contributed by atoms with Crippen LogP contribution in [0.25, 0.3) is 0 Å². The average Bonchev–Trinajstić information content (AvgIpc) is 2.78. The average molecular weight is 451 g/mol. The van der Waals surface area contributed by atoms with E-state index in [0.29, 0.717) is 11.3 Å². The quantitative estimate of drug-likeness (QED) is 0.554. The molecule has 32 heavy (non-hydrogen) atoms. The van der Waals surface area contributed by atoms with Gasteiger partial charge in [0.1, 0.15) is 0 Å². The highest BCUT2D eigenvalue weighted by atomic mass is 32.2. The van der Waals surface area contributed by atoms with Gasteiger partial charge in [-0.3, -0.25) is 9.10 Å². The summed E-state index contributed by atoms with van der Waals surface area (Å²) in [6, 6.07) is 22.9. The molecular weight excluding hydrogens is 420 g/mol. The zero-order valence-electron chi connectivity index (χ0n) is 19.2. The van der Waals surface area contributed by atoms with Crippen molar-refractivity contribution >= 4 is 21.6 Å². The van der Waals surface area contributed by atoms with Crippen LogP contribution in [-0.4, -0.2) is 21.4 Å². The van der Waals surface area contributed by atoms with Crippen molar-refractivity contribution in [2.75, 3.05) is 11.4 Å². The number of rotatable bonds is 6. The van der Waals surface area contributed by atoms with E-state index in [2.05, 4.69) is 38.2 Å². The zero-order chi connectivity index (χ0) is 23.5. The van der Waals surface area contributed by atoms with Gasteiger partial charge in [-0.2, -0.15) is 0 Å². The van der Waals surface area contributed by atoms with Crippen molar-refractivity contribution in [3.05, 3.63) is 95.6 Å². The molecule has 0 aliphatic carbocycles. The first-order valence-corrected chi connectivity index (χ1v) is 12.0. The number of hydrogen-bond acceptors (Lipinski definition) is 3. The minimum Gasteiger partial charge on any atom is -0.345 e. The molecule has 0 saturated heterocycles. The lowest BCUT2D eigenvalue weighted by Gasteiger charge is -2.23. The van der Waals surface area contributed by atoms with E-state index in [-0.39, 0.29) is 22.3 Å². The Morgan fingerprint density at radius 3 is 2.03 bits per heavy atom. The molecule has 3 aromatic rings. The van der Waals surface area contributed by atoms with Crippen LogP contribution in [0.1, 0.15) is 55.2 Å². The van der Waals surface area contributed by atoms with Gasteiger partial charge in [0.25, 0.3) is 15.9 Å². The van der Waals surface area contributed by atoms with Gasteiger partial charge in [0.2, 0.25) is 0 Å². The van der Waals surface area contributed by atoms with E-state index >= 15 is 0 Å². The summed E-state index contributed by atoms with van der Waals surface area (Å²) in [5.74, 6) is -0.330. The molecule has 0 bridgehead atoms. The summed E-state index contributed by atoms with van der Waals surface area (Å²) in [5.41, 5.74) is 2.88. The second kappa shape index (κ2) is 9.17. The third-order valence-electron chi connectivity index (χ3n) is 5.51. The van der Waals surface area contributed by atoms with Gasteiger partial charge in [0, 0.05) is 7.05 Å². The van der Waals surface area contributed by atoms with Gasteiger partial charge in [-0.25, -0.2) is 8.42 Å². The Labute approximate surface area is 191 Å². The fourth-order valence-corrected chi connectivity index (χ4v) is 4.69. The molecule has 0 aliphatic rings. The van der Waals surface area contributed by atoms with E-state index in [0.717, 1.165) is 9.87 Å². The lowest BCUT2D eigenvalue weighted by molar-refractivity contribution is 0.0940. The van der Waals surface area contributed by atoms with Crippen molar-refractivity contribution in [2.45, 2.75) is 44.0 Å². The number of nitrogens with one attached hydrogen (secondary N) is 1. The van der Waals surface area contributed by atoms with Crippen LogP contribution in [0.2, 0.25) is 0 Å². The summed E-state index contributed by atoms with van der Waals surface area (Å²) in [6.07, 6.45) is 0. The SMILES string of the molecule is C[C@@H](NC(=O)c1ccccc1N(C)S(=O)(=O)c1ccccc1)c1ccc(C(C)(C)C)cc1. The lowest BCUT2D eigenvalue weighted by Crippen LogP contribution is -2.31. The van der Waals surface area contributed by atoms with Gasteiger partial charge in [-0.1, -0.05) is 75.4 Å². The fourth-order valence-electron chi connectivity index (χ4n) is 3.45. The topological polar surface area (TPSA) is 66.5 Å². The van der Waals surface area contributed by atoms with Crippen molar-refractivity contribution in [1.29, 1.82) is 0 Å². The molecule has 1 atom stereocenters. The monoisotopic (exact) mass is 450 g/mol. The molecule has 0 fully saturated rings. The van der Waals surface area contributed by atoms with Gasteiger partial charge in [-0.05, 0) is 47.7 Å². The number of carbonyl (C=O) groups is 1. The number of sulfonamides is 1. The molecule has 0 saturated carbocycles. The van der Waals surface area contributed by atoms with Crippen molar-refractivity contribution < 1.29 is 13.2 Å². The summed E-state index contributed by atoms with van der Waals surface area (Å²) >= 11 is 0. The van der Waals surface area contributed by atoms with Gasteiger partial charge in [0.05, 0.1) is 22.2 Å². The van der Waals surface area contributed by atoms with Gasteiger partial charge in [0.15, 0.2) is 0 Å². The van der Waals surface area contributed by atoms with Gasteiger partial charge in [-0.15, -0.1) is 0 Å². The summed E-state index contributed by atoms with van der Waals surface area (Å²) in [5, 5.41) is 3.00. The number of hydrogen-bond donors (Lipinski definition) is 1. The first-order valence-electron chi connectivity index (χ1n) is 10.6. The van der Waals surface area contributed by atoms with Crippen LogP contribution in [0.4, 0.5) is 5.69 Å². The summed E-state index contributed by atoms with van der Waals surface area (Å²) in [6.45, 7) is 8.38. The zero-order valence-corrected chi connectivity index (χ0v) is 20.0. The van der Waals surface area contributed by atoms with E-state index in [1.54, 1.807) is 42.5 Å². The van der Waals surface area contributed by atoms with Crippen molar-refractivity contribution in [2.24, 2.45) is 0 Å². The lowest BCUT2D eigenvalue weighted by atomic mass is 9.86. The van der Waals surface area contributed by atoms with E-state index in [4.69, 9.17) is 0 Å². The predicted octanol–water partition coefficient (Wildman–Crippen LogP) is 5.30. The Morgan fingerprint density at radius 2 is 1.44 bits per heavy atom. The second-order valence-corrected chi connectivity index (χ2v) is 10.8. The first-order chi connectivity index (χ1) is 15.0. The van der Waals surface area contributed by atoms with E-state index in [1.165, 1.54) is 24.7 Å². The fraction of sp³-hybridized carbons (Fsp3) is 0.269.